The lowest BCUT2D eigenvalue weighted by atomic mass is 10.2. The largest absolute Gasteiger partial charge is 0.226 e. The van der Waals surface area contributed by atoms with Gasteiger partial charge in [-0.25, -0.2) is 0 Å². The zero-order chi connectivity index (χ0) is 11.7. The Balaban J connectivity index is 2.03. The molecule has 0 unspecified atom stereocenters. The van der Waals surface area contributed by atoms with Crippen LogP contribution in [0.5, 0.6) is 0 Å². The van der Waals surface area contributed by atoms with Crippen LogP contribution in [0.4, 0.5) is 0 Å². The number of fused-ring (bicyclic) bond motifs is 1. The van der Waals surface area contributed by atoms with Crippen LogP contribution in [0.2, 0.25) is 5.02 Å². The van der Waals surface area contributed by atoms with Crippen molar-refractivity contribution in [2.24, 2.45) is 0 Å². The molecule has 0 saturated carbocycles. The highest BCUT2D eigenvalue weighted by Gasteiger charge is 2.12. The summed E-state index contributed by atoms with van der Waals surface area (Å²) in [7, 11) is 0. The van der Waals surface area contributed by atoms with Gasteiger partial charge in [-0.05, 0) is 12.1 Å². The van der Waals surface area contributed by atoms with E-state index >= 15 is 0 Å². The predicted molar refractivity (Wildman–Crippen MR) is 72.6 cm³/mol. The Bertz CT molecular complexity index is 660. The third-order valence-corrected chi connectivity index (χ3v) is 4.11. The summed E-state index contributed by atoms with van der Waals surface area (Å²) in [4.78, 5) is 0. The molecule has 84 valence electrons. The van der Waals surface area contributed by atoms with Crippen molar-refractivity contribution in [3.63, 3.8) is 0 Å². The van der Waals surface area contributed by atoms with E-state index in [1.54, 1.807) is 11.3 Å². The zero-order valence-electron chi connectivity index (χ0n) is 9.14. The van der Waals surface area contributed by atoms with Crippen molar-refractivity contribution in [2.75, 3.05) is 0 Å². The Kier molecular flexibility index (Phi) is 2.83. The molecule has 0 fully saturated rings. The number of nitrogens with zero attached hydrogens (tertiary/aromatic N) is 1. The minimum atomic E-state index is 0.823. The Hall–Kier alpha value is -1.38. The first-order valence-electron chi connectivity index (χ1n) is 5.44. The van der Waals surface area contributed by atoms with E-state index in [2.05, 4.69) is 40.4 Å². The van der Waals surface area contributed by atoms with E-state index in [1.807, 2.05) is 18.2 Å². The molecule has 0 spiro atoms. The summed E-state index contributed by atoms with van der Waals surface area (Å²) in [5.41, 5.74) is 4.56. The summed E-state index contributed by atoms with van der Waals surface area (Å²) in [6.07, 6.45) is 0. The minimum absolute atomic E-state index is 0.823. The third-order valence-electron chi connectivity index (χ3n) is 2.78. The minimum Gasteiger partial charge on any atom is -0.184 e. The highest BCUT2D eigenvalue weighted by molar-refractivity contribution is 7.16. The zero-order valence-corrected chi connectivity index (χ0v) is 10.7. The summed E-state index contributed by atoms with van der Waals surface area (Å²) in [6.45, 7) is 0.823. The lowest BCUT2D eigenvalue weighted by Crippen LogP contribution is -2.32. The van der Waals surface area contributed by atoms with Crippen molar-refractivity contribution in [1.29, 1.82) is 0 Å². The summed E-state index contributed by atoms with van der Waals surface area (Å²) in [5.74, 6) is 0. The van der Waals surface area contributed by atoms with Gasteiger partial charge in [-0.15, -0.1) is 0 Å². The van der Waals surface area contributed by atoms with E-state index in [0.717, 1.165) is 17.1 Å². The van der Waals surface area contributed by atoms with E-state index in [4.69, 9.17) is 11.6 Å². The monoisotopic (exact) mass is 260 g/mol. The quantitative estimate of drug-likeness (QED) is 0.616. The number of hydrogen-bond acceptors (Lipinski definition) is 1. The molecule has 0 aliphatic carbocycles. The van der Waals surface area contributed by atoms with Crippen molar-refractivity contribution in [2.45, 2.75) is 6.54 Å². The molecule has 0 aliphatic heterocycles. The fraction of sp³-hybridized carbons (Fsp3) is 0.0714. The van der Waals surface area contributed by atoms with Crippen LogP contribution in [0, 0.1) is 0 Å². The molecular weight excluding hydrogens is 250 g/mol. The van der Waals surface area contributed by atoms with E-state index in [1.165, 1.54) is 10.2 Å². The molecule has 3 aromatic rings. The Morgan fingerprint density at radius 2 is 1.76 bits per heavy atom. The van der Waals surface area contributed by atoms with Crippen LogP contribution < -0.4 is 4.57 Å². The molecule has 3 heteroatoms. The van der Waals surface area contributed by atoms with E-state index in [-0.39, 0.29) is 0 Å². The number of thiazole rings is 1. The number of halogens is 1. The average molecular weight is 261 g/mol. The first-order chi connectivity index (χ1) is 8.34. The molecule has 0 saturated heterocycles. The van der Waals surface area contributed by atoms with Crippen LogP contribution in [-0.4, -0.2) is 0 Å². The van der Waals surface area contributed by atoms with Gasteiger partial charge in [0.1, 0.15) is 4.70 Å². The first kappa shape index (κ1) is 10.8. The van der Waals surface area contributed by atoms with E-state index in [0.29, 0.717) is 0 Å². The van der Waals surface area contributed by atoms with Gasteiger partial charge in [-0.3, -0.25) is 0 Å². The van der Waals surface area contributed by atoms with Crippen molar-refractivity contribution in [1.82, 2.24) is 0 Å². The van der Waals surface area contributed by atoms with Crippen molar-refractivity contribution >= 4 is 33.2 Å². The number of rotatable bonds is 2. The van der Waals surface area contributed by atoms with Crippen molar-refractivity contribution in [3.05, 3.63) is 64.6 Å². The third kappa shape index (κ3) is 2.06. The van der Waals surface area contributed by atoms with Crippen LogP contribution >= 0.6 is 22.9 Å². The molecule has 1 nitrogen and oxygen atoms in total. The summed E-state index contributed by atoms with van der Waals surface area (Å²) in [5, 5.41) is 0.829. The molecule has 2 aromatic carbocycles. The molecule has 0 bridgehead atoms. The van der Waals surface area contributed by atoms with Gasteiger partial charge in [0.2, 0.25) is 11.0 Å². The molecule has 17 heavy (non-hydrogen) atoms. The summed E-state index contributed by atoms with van der Waals surface area (Å²) in [6, 6.07) is 16.4. The number of para-hydroxylation sites is 1. The standard InChI is InChI=1S/C14H11ClNS/c15-12-6-2-1-5-11(12)9-16-10-17-14-8-4-3-7-13(14)16/h1-8,10H,9H2/q+1. The molecule has 1 aromatic heterocycles. The molecule has 0 N–H and O–H groups in total. The predicted octanol–water partition coefficient (Wildman–Crippen LogP) is 3.89. The SMILES string of the molecule is Clc1ccccc1C[n+]1csc2ccccc21. The lowest BCUT2D eigenvalue weighted by molar-refractivity contribution is -0.658. The van der Waals surface area contributed by atoms with E-state index in [9.17, 15) is 0 Å². The smallest absolute Gasteiger partial charge is 0.184 e. The topological polar surface area (TPSA) is 3.88 Å². The maximum absolute atomic E-state index is 6.18. The van der Waals surface area contributed by atoms with Crippen molar-refractivity contribution in [3.8, 4) is 0 Å². The van der Waals surface area contributed by atoms with Gasteiger partial charge in [0.25, 0.3) is 0 Å². The fourth-order valence-electron chi connectivity index (χ4n) is 1.90. The van der Waals surface area contributed by atoms with Gasteiger partial charge in [-0.1, -0.05) is 53.3 Å². The number of hydrogen-bond donors (Lipinski definition) is 0. The maximum atomic E-state index is 6.18. The van der Waals surface area contributed by atoms with Crippen LogP contribution in [0.1, 0.15) is 5.56 Å². The first-order valence-corrected chi connectivity index (χ1v) is 6.69. The van der Waals surface area contributed by atoms with Crippen LogP contribution in [0.3, 0.4) is 0 Å². The second kappa shape index (κ2) is 4.47. The average Bonchev–Trinajstić information content (AvgIpc) is 2.76. The highest BCUT2D eigenvalue weighted by atomic mass is 35.5. The van der Waals surface area contributed by atoms with Gasteiger partial charge >= 0.3 is 0 Å². The Morgan fingerprint density at radius 3 is 2.65 bits per heavy atom. The molecular formula is C14H11ClNS+. The second-order valence-corrected chi connectivity index (χ2v) is 5.20. The van der Waals surface area contributed by atoms with Crippen LogP contribution in [0.25, 0.3) is 10.2 Å². The van der Waals surface area contributed by atoms with Gasteiger partial charge in [0, 0.05) is 11.6 Å². The van der Waals surface area contributed by atoms with Gasteiger partial charge in [-0.2, -0.15) is 4.57 Å². The van der Waals surface area contributed by atoms with Gasteiger partial charge in [0.05, 0.1) is 5.02 Å². The molecule has 0 amide bonds. The summed E-state index contributed by atoms with van der Waals surface area (Å²) >= 11 is 7.94. The molecule has 0 atom stereocenters. The van der Waals surface area contributed by atoms with Crippen LogP contribution in [-0.2, 0) is 6.54 Å². The van der Waals surface area contributed by atoms with E-state index < -0.39 is 0 Å². The second-order valence-electron chi connectivity index (χ2n) is 3.91. The molecule has 3 rings (SSSR count). The number of benzene rings is 2. The van der Waals surface area contributed by atoms with Crippen LogP contribution in [0.15, 0.2) is 54.0 Å². The van der Waals surface area contributed by atoms with Crippen molar-refractivity contribution < 1.29 is 4.57 Å². The Labute approximate surface area is 109 Å². The Morgan fingerprint density at radius 1 is 1.00 bits per heavy atom. The number of aromatic nitrogens is 1. The fourth-order valence-corrected chi connectivity index (χ4v) is 2.99. The summed E-state index contributed by atoms with van der Waals surface area (Å²) < 4.78 is 3.54. The van der Waals surface area contributed by atoms with Gasteiger partial charge in [0.15, 0.2) is 6.54 Å². The maximum Gasteiger partial charge on any atom is 0.226 e. The van der Waals surface area contributed by atoms with Gasteiger partial charge < -0.3 is 0 Å². The lowest BCUT2D eigenvalue weighted by Gasteiger charge is -1.98. The molecule has 0 radical (unpaired) electrons. The normalized spacial score (nSPS) is 10.9. The molecule has 1 heterocycles. The molecule has 0 aliphatic rings. The highest BCUT2D eigenvalue weighted by Crippen LogP contribution is 2.18.